The molecule has 1 aliphatic heterocycles. The van der Waals surface area contributed by atoms with Gasteiger partial charge in [-0.15, -0.1) is 0 Å². The van der Waals surface area contributed by atoms with Crippen molar-refractivity contribution in [1.29, 1.82) is 0 Å². The summed E-state index contributed by atoms with van der Waals surface area (Å²) in [4.78, 5) is 4.64. The first-order valence-electron chi connectivity index (χ1n) is 10.2. The van der Waals surface area contributed by atoms with Gasteiger partial charge in [0.15, 0.2) is 0 Å². The third-order valence-electron chi connectivity index (χ3n) is 5.36. The number of halogens is 1. The summed E-state index contributed by atoms with van der Waals surface area (Å²) in [5.41, 5.74) is 2.56. The summed E-state index contributed by atoms with van der Waals surface area (Å²) >= 11 is 0. The molecule has 2 aromatic carbocycles. The molecule has 1 fully saturated rings. The first-order chi connectivity index (χ1) is 14.0. The molecule has 0 aromatic heterocycles. The topological polar surface area (TPSA) is 45.2 Å². The molecule has 0 spiro atoms. The monoisotopic (exact) mass is 402 g/mol. The van der Waals surface area contributed by atoms with Gasteiger partial charge in [0.25, 0.3) is 0 Å². The van der Waals surface area contributed by atoms with Crippen molar-refractivity contribution in [3.8, 4) is 22.6 Å². The highest BCUT2D eigenvalue weighted by atomic mass is 19.1. The van der Waals surface area contributed by atoms with Gasteiger partial charge in [-0.1, -0.05) is 18.6 Å². The number of aryl methyl sites for hydroxylation is 1. The van der Waals surface area contributed by atoms with Gasteiger partial charge in [-0.25, -0.2) is 4.39 Å². The first-order valence-corrected chi connectivity index (χ1v) is 10.2. The van der Waals surface area contributed by atoms with Gasteiger partial charge in [-0.05, 0) is 43.3 Å². The molecule has 0 bridgehead atoms. The molecular formula is C23H31FN2O3. The lowest BCUT2D eigenvalue weighted by atomic mass is 10.0. The number of ether oxygens (including phenoxy) is 2. The van der Waals surface area contributed by atoms with E-state index in [2.05, 4.69) is 16.7 Å². The number of piperazine rings is 1. The van der Waals surface area contributed by atoms with Crippen LogP contribution in [0.15, 0.2) is 36.4 Å². The summed E-state index contributed by atoms with van der Waals surface area (Å²) in [6, 6.07) is 10.4. The predicted octanol–water partition coefficient (Wildman–Crippen LogP) is 3.19. The van der Waals surface area contributed by atoms with Gasteiger partial charge in [0, 0.05) is 44.4 Å². The molecule has 1 N–H and O–H groups in total. The van der Waals surface area contributed by atoms with Gasteiger partial charge < -0.3 is 19.5 Å². The molecule has 1 atom stereocenters. The SMILES string of the molecule is CCN1CCN(CC(O)COc2cc(F)cc(-c3cc(C)ccc3OC)c2)CC1. The second-order valence-corrected chi connectivity index (χ2v) is 7.58. The molecule has 0 aliphatic carbocycles. The van der Waals surface area contributed by atoms with Gasteiger partial charge >= 0.3 is 0 Å². The standard InChI is InChI=1S/C23H31FN2O3/c1-4-25-7-9-26(10-8-25)15-20(27)16-29-21-13-18(12-19(24)14-21)22-11-17(2)5-6-23(22)28-3/h5-6,11-14,20,27H,4,7-10,15-16H2,1-3H3. The third kappa shape index (κ3) is 5.92. The van der Waals surface area contributed by atoms with Crippen LogP contribution in [0.3, 0.4) is 0 Å². The molecule has 1 aliphatic rings. The van der Waals surface area contributed by atoms with Crippen LogP contribution in [0.4, 0.5) is 4.39 Å². The lowest BCUT2D eigenvalue weighted by Gasteiger charge is -2.34. The van der Waals surface area contributed by atoms with Crippen LogP contribution in [0, 0.1) is 12.7 Å². The number of aliphatic hydroxyl groups excluding tert-OH is 1. The van der Waals surface area contributed by atoms with E-state index in [1.54, 1.807) is 13.2 Å². The summed E-state index contributed by atoms with van der Waals surface area (Å²) in [5.74, 6) is 0.697. The zero-order valence-electron chi connectivity index (χ0n) is 17.5. The molecule has 5 nitrogen and oxygen atoms in total. The number of benzene rings is 2. The van der Waals surface area contributed by atoms with E-state index in [1.165, 1.54) is 12.1 Å². The van der Waals surface area contributed by atoms with Crippen LogP contribution in [0.5, 0.6) is 11.5 Å². The second-order valence-electron chi connectivity index (χ2n) is 7.58. The molecular weight excluding hydrogens is 371 g/mol. The lowest BCUT2D eigenvalue weighted by molar-refractivity contribution is 0.0470. The Bertz CT molecular complexity index is 807. The Balaban J connectivity index is 1.63. The summed E-state index contributed by atoms with van der Waals surface area (Å²) < 4.78 is 25.4. The predicted molar refractivity (Wildman–Crippen MR) is 113 cm³/mol. The fourth-order valence-corrected chi connectivity index (χ4v) is 3.68. The van der Waals surface area contributed by atoms with Gasteiger partial charge in [0.2, 0.25) is 0 Å². The Morgan fingerprint density at radius 1 is 1.07 bits per heavy atom. The molecule has 0 radical (unpaired) electrons. The normalized spacial score (nSPS) is 16.6. The molecule has 1 unspecified atom stereocenters. The minimum absolute atomic E-state index is 0.127. The Hall–Kier alpha value is -2.15. The minimum atomic E-state index is -0.622. The third-order valence-corrected chi connectivity index (χ3v) is 5.36. The highest BCUT2D eigenvalue weighted by Gasteiger charge is 2.19. The van der Waals surface area contributed by atoms with E-state index in [-0.39, 0.29) is 12.4 Å². The number of aliphatic hydroxyl groups is 1. The largest absolute Gasteiger partial charge is 0.496 e. The molecule has 3 rings (SSSR count). The van der Waals surface area contributed by atoms with Crippen LogP contribution in [-0.4, -0.2) is 74.0 Å². The van der Waals surface area contributed by atoms with Crippen molar-refractivity contribution in [3.05, 3.63) is 47.8 Å². The average Bonchev–Trinajstić information content (AvgIpc) is 2.72. The Morgan fingerprint density at radius 3 is 2.48 bits per heavy atom. The van der Waals surface area contributed by atoms with Crippen LogP contribution >= 0.6 is 0 Å². The smallest absolute Gasteiger partial charge is 0.127 e. The number of rotatable bonds is 8. The van der Waals surface area contributed by atoms with Crippen molar-refractivity contribution in [1.82, 2.24) is 9.80 Å². The number of hydrogen-bond acceptors (Lipinski definition) is 5. The van der Waals surface area contributed by atoms with Crippen molar-refractivity contribution in [3.63, 3.8) is 0 Å². The Morgan fingerprint density at radius 2 is 1.79 bits per heavy atom. The summed E-state index contributed by atoms with van der Waals surface area (Å²) in [7, 11) is 1.60. The van der Waals surface area contributed by atoms with E-state index >= 15 is 0 Å². The highest BCUT2D eigenvalue weighted by Crippen LogP contribution is 2.33. The van der Waals surface area contributed by atoms with Crippen molar-refractivity contribution in [2.45, 2.75) is 20.0 Å². The van der Waals surface area contributed by atoms with Crippen molar-refractivity contribution >= 4 is 0 Å². The van der Waals surface area contributed by atoms with Crippen molar-refractivity contribution in [2.24, 2.45) is 0 Å². The maximum absolute atomic E-state index is 14.2. The molecule has 1 heterocycles. The quantitative estimate of drug-likeness (QED) is 0.735. The summed E-state index contributed by atoms with van der Waals surface area (Å²) in [6.45, 7) is 9.84. The Labute approximate surface area is 172 Å². The van der Waals surface area contributed by atoms with Gasteiger partial charge in [-0.2, -0.15) is 0 Å². The van der Waals surface area contributed by atoms with E-state index < -0.39 is 6.10 Å². The zero-order valence-corrected chi connectivity index (χ0v) is 17.5. The van der Waals surface area contributed by atoms with Crippen LogP contribution < -0.4 is 9.47 Å². The number of nitrogens with zero attached hydrogens (tertiary/aromatic N) is 2. The van der Waals surface area contributed by atoms with Crippen LogP contribution in [0.1, 0.15) is 12.5 Å². The average molecular weight is 403 g/mol. The molecule has 158 valence electrons. The number of likely N-dealkylation sites (N-methyl/N-ethyl adjacent to an activating group) is 1. The van der Waals surface area contributed by atoms with E-state index in [9.17, 15) is 9.50 Å². The van der Waals surface area contributed by atoms with Crippen molar-refractivity contribution in [2.75, 3.05) is 53.0 Å². The van der Waals surface area contributed by atoms with Gasteiger partial charge in [0.1, 0.15) is 30.0 Å². The van der Waals surface area contributed by atoms with Gasteiger partial charge in [0.05, 0.1) is 7.11 Å². The van der Waals surface area contributed by atoms with E-state index in [0.29, 0.717) is 23.6 Å². The van der Waals surface area contributed by atoms with Crippen LogP contribution in [0.2, 0.25) is 0 Å². The van der Waals surface area contributed by atoms with E-state index in [4.69, 9.17) is 9.47 Å². The summed E-state index contributed by atoms with van der Waals surface area (Å²) in [6.07, 6.45) is -0.622. The van der Waals surface area contributed by atoms with Crippen LogP contribution in [0.25, 0.3) is 11.1 Å². The maximum Gasteiger partial charge on any atom is 0.127 e. The fourth-order valence-electron chi connectivity index (χ4n) is 3.68. The molecule has 0 amide bonds. The fraction of sp³-hybridized carbons (Fsp3) is 0.478. The molecule has 1 saturated heterocycles. The summed E-state index contributed by atoms with van der Waals surface area (Å²) in [5, 5.41) is 10.4. The molecule has 0 saturated carbocycles. The molecule has 2 aromatic rings. The number of methoxy groups -OCH3 is 1. The minimum Gasteiger partial charge on any atom is -0.496 e. The van der Waals surface area contributed by atoms with Crippen molar-refractivity contribution < 1.29 is 19.0 Å². The number of hydrogen-bond donors (Lipinski definition) is 1. The Kier molecular flexibility index (Phi) is 7.47. The molecule has 29 heavy (non-hydrogen) atoms. The molecule has 6 heteroatoms. The zero-order chi connectivity index (χ0) is 20.8. The van der Waals surface area contributed by atoms with E-state index in [0.717, 1.165) is 43.9 Å². The van der Waals surface area contributed by atoms with Gasteiger partial charge in [-0.3, -0.25) is 4.90 Å². The number of β-amino-alcohol motifs (C(OH)–C–C–N with tert-alkyl or cyclic N) is 1. The first kappa shape index (κ1) is 21.6. The maximum atomic E-state index is 14.2. The highest BCUT2D eigenvalue weighted by molar-refractivity contribution is 5.72. The van der Waals surface area contributed by atoms with Crippen LogP contribution in [-0.2, 0) is 0 Å². The second kappa shape index (κ2) is 10.1. The van der Waals surface area contributed by atoms with E-state index in [1.807, 2.05) is 25.1 Å². The lowest BCUT2D eigenvalue weighted by Crippen LogP contribution is -2.49.